The second-order valence-corrected chi connectivity index (χ2v) is 16.3. The van der Waals surface area contributed by atoms with Gasteiger partial charge < -0.3 is 14.2 Å². The second-order valence-electron chi connectivity index (χ2n) is 16.3. The molecule has 0 N–H and O–H groups in total. The molecule has 0 aliphatic heterocycles. The van der Waals surface area contributed by atoms with E-state index in [0.717, 1.165) is 69.6 Å². The zero-order valence-electron chi connectivity index (χ0n) is 34.7. The first-order valence-corrected chi connectivity index (χ1v) is 22.2. The zero-order chi connectivity index (χ0) is 37.6. The zero-order valence-corrected chi connectivity index (χ0v) is 34.7. The SMILES string of the molecule is CCCCCCCCCCCCCC(=O)OC[C@H](COC(=O)CCCCCCCCCCCCC(C)C)OC(=O)CCCCCCCCC(C)C. The van der Waals surface area contributed by atoms with E-state index in [1.807, 2.05) is 0 Å². The molecule has 1 atom stereocenters. The van der Waals surface area contributed by atoms with Crippen LogP contribution in [-0.2, 0) is 28.6 Å². The highest BCUT2D eigenvalue weighted by molar-refractivity contribution is 5.71. The minimum atomic E-state index is -0.760. The number of esters is 3. The number of hydrogen-bond donors (Lipinski definition) is 0. The molecule has 302 valence electrons. The third kappa shape index (κ3) is 39.5. The van der Waals surface area contributed by atoms with Crippen LogP contribution < -0.4 is 0 Å². The van der Waals surface area contributed by atoms with Crippen LogP contribution in [-0.4, -0.2) is 37.2 Å². The van der Waals surface area contributed by atoms with E-state index in [2.05, 4.69) is 34.6 Å². The van der Waals surface area contributed by atoms with Crippen LogP contribution in [0.5, 0.6) is 0 Å². The summed E-state index contributed by atoms with van der Waals surface area (Å²) < 4.78 is 16.7. The number of hydrogen-bond acceptors (Lipinski definition) is 6. The van der Waals surface area contributed by atoms with Crippen LogP contribution >= 0.6 is 0 Å². The first-order chi connectivity index (χ1) is 24.7. The maximum atomic E-state index is 12.6. The summed E-state index contributed by atoms with van der Waals surface area (Å²) in [7, 11) is 0. The number of carbonyl (C=O) groups excluding carboxylic acids is 3. The molecule has 0 unspecified atom stereocenters. The van der Waals surface area contributed by atoms with Crippen LogP contribution in [0.3, 0.4) is 0 Å². The summed E-state index contributed by atoms with van der Waals surface area (Å²) in [6, 6.07) is 0. The van der Waals surface area contributed by atoms with Gasteiger partial charge >= 0.3 is 17.9 Å². The van der Waals surface area contributed by atoms with E-state index in [0.29, 0.717) is 19.3 Å². The third-order valence-electron chi connectivity index (χ3n) is 9.97. The van der Waals surface area contributed by atoms with Crippen molar-refractivity contribution in [2.45, 2.75) is 246 Å². The molecule has 0 spiro atoms. The van der Waals surface area contributed by atoms with Crippen LogP contribution in [0.4, 0.5) is 0 Å². The van der Waals surface area contributed by atoms with Crippen molar-refractivity contribution in [2.75, 3.05) is 13.2 Å². The average Bonchev–Trinajstić information content (AvgIpc) is 3.09. The molecule has 0 aliphatic rings. The van der Waals surface area contributed by atoms with Gasteiger partial charge in [0.25, 0.3) is 0 Å². The van der Waals surface area contributed by atoms with Crippen molar-refractivity contribution in [3.05, 3.63) is 0 Å². The van der Waals surface area contributed by atoms with Gasteiger partial charge in [-0.25, -0.2) is 0 Å². The number of unbranched alkanes of at least 4 members (excludes halogenated alkanes) is 24. The van der Waals surface area contributed by atoms with E-state index in [-0.39, 0.29) is 31.1 Å². The summed E-state index contributed by atoms with van der Waals surface area (Å²) in [4.78, 5) is 37.6. The van der Waals surface area contributed by atoms with Crippen molar-refractivity contribution in [3.8, 4) is 0 Å². The van der Waals surface area contributed by atoms with Crippen molar-refractivity contribution in [1.29, 1.82) is 0 Å². The van der Waals surface area contributed by atoms with Gasteiger partial charge in [-0.05, 0) is 31.1 Å². The lowest BCUT2D eigenvalue weighted by molar-refractivity contribution is -0.167. The lowest BCUT2D eigenvalue weighted by Crippen LogP contribution is -2.30. The molecular weight excluding hydrogens is 636 g/mol. The number of rotatable bonds is 39. The normalized spacial score (nSPS) is 12.1. The van der Waals surface area contributed by atoms with Crippen molar-refractivity contribution >= 4 is 17.9 Å². The van der Waals surface area contributed by atoms with Crippen molar-refractivity contribution < 1.29 is 28.6 Å². The molecular formula is C45H86O6. The van der Waals surface area contributed by atoms with E-state index >= 15 is 0 Å². The summed E-state index contributed by atoms with van der Waals surface area (Å²) in [6.45, 7) is 11.2. The Hall–Kier alpha value is -1.59. The minimum Gasteiger partial charge on any atom is -0.462 e. The van der Waals surface area contributed by atoms with Crippen LogP contribution in [0.25, 0.3) is 0 Å². The summed E-state index contributed by atoms with van der Waals surface area (Å²) in [5.41, 5.74) is 0. The summed E-state index contributed by atoms with van der Waals surface area (Å²) in [6.07, 6.45) is 35.3. The van der Waals surface area contributed by atoms with Gasteiger partial charge in [0.1, 0.15) is 13.2 Å². The smallest absolute Gasteiger partial charge is 0.306 e. The molecule has 0 bridgehead atoms. The quantitative estimate of drug-likeness (QED) is 0.0357. The maximum absolute atomic E-state index is 12.6. The van der Waals surface area contributed by atoms with Crippen LogP contribution in [0.2, 0.25) is 0 Å². The summed E-state index contributed by atoms with van der Waals surface area (Å²) >= 11 is 0. The molecule has 0 aromatic rings. The first kappa shape index (κ1) is 49.4. The van der Waals surface area contributed by atoms with Crippen molar-refractivity contribution in [2.24, 2.45) is 11.8 Å². The molecule has 0 saturated carbocycles. The van der Waals surface area contributed by atoms with Gasteiger partial charge in [0.05, 0.1) is 0 Å². The molecule has 0 radical (unpaired) electrons. The number of carbonyl (C=O) groups is 3. The molecule has 0 aromatic heterocycles. The molecule has 6 heteroatoms. The average molecular weight is 723 g/mol. The Morgan fingerprint density at radius 3 is 0.961 bits per heavy atom. The molecule has 0 saturated heterocycles. The van der Waals surface area contributed by atoms with Gasteiger partial charge in [0.15, 0.2) is 6.10 Å². The molecule has 0 rings (SSSR count). The van der Waals surface area contributed by atoms with E-state index in [1.165, 1.54) is 128 Å². The second kappa shape index (κ2) is 38.1. The predicted octanol–water partition coefficient (Wildman–Crippen LogP) is 13.8. The number of ether oxygens (including phenoxy) is 3. The fourth-order valence-corrected chi connectivity index (χ4v) is 6.58. The molecule has 0 fully saturated rings. The Bertz CT molecular complexity index is 779. The Kier molecular flexibility index (Phi) is 37.0. The molecule has 0 heterocycles. The lowest BCUT2D eigenvalue weighted by Gasteiger charge is -2.18. The van der Waals surface area contributed by atoms with Crippen LogP contribution in [0.1, 0.15) is 240 Å². The fourth-order valence-electron chi connectivity index (χ4n) is 6.58. The van der Waals surface area contributed by atoms with Crippen LogP contribution in [0.15, 0.2) is 0 Å². The lowest BCUT2D eigenvalue weighted by atomic mass is 10.0. The van der Waals surface area contributed by atoms with Gasteiger partial charge in [0.2, 0.25) is 0 Å². The van der Waals surface area contributed by atoms with E-state index < -0.39 is 6.10 Å². The van der Waals surface area contributed by atoms with Gasteiger partial charge in [-0.1, -0.05) is 202 Å². The van der Waals surface area contributed by atoms with Crippen LogP contribution in [0, 0.1) is 11.8 Å². The predicted molar refractivity (Wildman–Crippen MR) is 215 cm³/mol. The molecule has 0 aromatic carbocycles. The largest absolute Gasteiger partial charge is 0.462 e. The first-order valence-electron chi connectivity index (χ1n) is 22.2. The Morgan fingerprint density at radius 1 is 0.373 bits per heavy atom. The highest BCUT2D eigenvalue weighted by Crippen LogP contribution is 2.16. The van der Waals surface area contributed by atoms with E-state index in [1.54, 1.807) is 0 Å². The van der Waals surface area contributed by atoms with Gasteiger partial charge in [-0.3, -0.25) is 14.4 Å². The Labute approximate surface area is 317 Å². The third-order valence-corrected chi connectivity index (χ3v) is 9.97. The highest BCUT2D eigenvalue weighted by atomic mass is 16.6. The van der Waals surface area contributed by atoms with Gasteiger partial charge in [-0.2, -0.15) is 0 Å². The van der Waals surface area contributed by atoms with E-state index in [9.17, 15) is 14.4 Å². The van der Waals surface area contributed by atoms with E-state index in [4.69, 9.17) is 14.2 Å². The van der Waals surface area contributed by atoms with Gasteiger partial charge in [0, 0.05) is 19.3 Å². The van der Waals surface area contributed by atoms with Gasteiger partial charge in [-0.15, -0.1) is 0 Å². The Morgan fingerprint density at radius 2 is 0.647 bits per heavy atom. The molecule has 6 nitrogen and oxygen atoms in total. The summed E-state index contributed by atoms with van der Waals surface area (Å²) in [5.74, 6) is 0.713. The topological polar surface area (TPSA) is 78.9 Å². The molecule has 51 heavy (non-hydrogen) atoms. The standard InChI is InChI=1S/C45H86O6/c1-6-7-8-9-10-11-12-16-19-25-30-35-43(46)49-38-42(51-45(48)37-32-27-22-21-24-29-34-41(4)5)39-50-44(47)36-31-26-20-17-14-13-15-18-23-28-33-40(2)3/h40-42H,6-39H2,1-5H3/t42-/m1/s1. The van der Waals surface area contributed by atoms with Crippen molar-refractivity contribution in [3.63, 3.8) is 0 Å². The fraction of sp³-hybridized carbons (Fsp3) is 0.933. The Balaban J connectivity index is 4.31. The minimum absolute atomic E-state index is 0.0660. The summed E-state index contributed by atoms with van der Waals surface area (Å²) in [5, 5.41) is 0. The van der Waals surface area contributed by atoms with Crippen molar-refractivity contribution in [1.82, 2.24) is 0 Å². The monoisotopic (exact) mass is 723 g/mol. The highest BCUT2D eigenvalue weighted by Gasteiger charge is 2.19. The molecule has 0 amide bonds. The maximum Gasteiger partial charge on any atom is 0.306 e. The molecule has 0 aliphatic carbocycles.